The monoisotopic (exact) mass is 255 g/mol. The second kappa shape index (κ2) is 6.34. The minimum Gasteiger partial charge on any atom is -0.355 e. The van der Waals surface area contributed by atoms with Crippen LogP contribution in [-0.4, -0.2) is 19.1 Å². The number of rotatable bonds is 5. The highest BCUT2D eigenvalue weighted by Crippen LogP contribution is 2.15. The van der Waals surface area contributed by atoms with E-state index in [1.54, 1.807) is 0 Å². The zero-order valence-corrected chi connectivity index (χ0v) is 11.9. The van der Waals surface area contributed by atoms with E-state index in [2.05, 4.69) is 65.6 Å². The Kier molecular flexibility index (Phi) is 4.53. The summed E-state index contributed by atoms with van der Waals surface area (Å²) in [7, 11) is 4.03. The van der Waals surface area contributed by atoms with Gasteiger partial charge in [0.15, 0.2) is 0 Å². The zero-order valence-electron chi connectivity index (χ0n) is 11.9. The Morgan fingerprint density at radius 1 is 1.11 bits per heavy atom. The van der Waals surface area contributed by atoms with Crippen molar-refractivity contribution < 1.29 is 0 Å². The molecule has 3 heteroatoms. The number of aromatic nitrogens is 1. The summed E-state index contributed by atoms with van der Waals surface area (Å²) < 4.78 is 0. The molecule has 2 aromatic rings. The van der Waals surface area contributed by atoms with Gasteiger partial charge in [0.2, 0.25) is 0 Å². The van der Waals surface area contributed by atoms with Gasteiger partial charge in [0, 0.05) is 25.8 Å². The van der Waals surface area contributed by atoms with Crippen molar-refractivity contribution in [1.29, 1.82) is 0 Å². The van der Waals surface area contributed by atoms with Gasteiger partial charge in [-0.15, -0.1) is 0 Å². The fourth-order valence-corrected chi connectivity index (χ4v) is 2.10. The first-order chi connectivity index (χ1) is 9.20. The van der Waals surface area contributed by atoms with E-state index in [-0.39, 0.29) is 0 Å². The number of hydrogen-bond donors (Lipinski definition) is 1. The van der Waals surface area contributed by atoms with Crippen molar-refractivity contribution in [2.24, 2.45) is 0 Å². The van der Waals surface area contributed by atoms with Crippen LogP contribution in [0.4, 0.5) is 5.82 Å². The summed E-state index contributed by atoms with van der Waals surface area (Å²) in [5.41, 5.74) is 3.63. The Morgan fingerprint density at radius 2 is 1.84 bits per heavy atom. The molecule has 1 aromatic carbocycles. The Labute approximate surface area is 115 Å². The van der Waals surface area contributed by atoms with Gasteiger partial charge in [0.25, 0.3) is 0 Å². The standard InChI is InChI=1S/C16H21N3/c1-13-15(11-17-2)9-10-16(18-13)19(3)12-14-7-5-4-6-8-14/h4-10,17H,11-12H2,1-3H3. The van der Waals surface area contributed by atoms with Crippen molar-refractivity contribution in [3.05, 3.63) is 59.3 Å². The third-order valence-corrected chi connectivity index (χ3v) is 3.20. The van der Waals surface area contributed by atoms with Crippen LogP contribution in [-0.2, 0) is 13.1 Å². The van der Waals surface area contributed by atoms with Crippen LogP contribution in [0.3, 0.4) is 0 Å². The smallest absolute Gasteiger partial charge is 0.128 e. The Balaban J connectivity index is 2.11. The molecule has 19 heavy (non-hydrogen) atoms. The molecule has 3 nitrogen and oxygen atoms in total. The lowest BCUT2D eigenvalue weighted by Gasteiger charge is -2.19. The molecule has 1 N–H and O–H groups in total. The summed E-state index contributed by atoms with van der Waals surface area (Å²) in [6, 6.07) is 14.7. The molecular formula is C16H21N3. The van der Waals surface area contributed by atoms with Crippen LogP contribution in [0.15, 0.2) is 42.5 Å². The van der Waals surface area contributed by atoms with Crippen molar-refractivity contribution in [2.45, 2.75) is 20.0 Å². The van der Waals surface area contributed by atoms with E-state index in [4.69, 9.17) is 0 Å². The van der Waals surface area contributed by atoms with E-state index >= 15 is 0 Å². The first-order valence-corrected chi connectivity index (χ1v) is 6.57. The Morgan fingerprint density at radius 3 is 2.47 bits per heavy atom. The maximum Gasteiger partial charge on any atom is 0.128 e. The summed E-state index contributed by atoms with van der Waals surface area (Å²) in [5.74, 6) is 1.02. The fraction of sp³-hybridized carbons (Fsp3) is 0.312. The van der Waals surface area contributed by atoms with Crippen molar-refractivity contribution in [1.82, 2.24) is 10.3 Å². The molecular weight excluding hydrogens is 234 g/mol. The number of nitrogens with one attached hydrogen (secondary N) is 1. The molecule has 2 rings (SSSR count). The third kappa shape index (κ3) is 3.55. The molecule has 0 atom stereocenters. The summed E-state index contributed by atoms with van der Waals surface area (Å²) >= 11 is 0. The van der Waals surface area contributed by atoms with Gasteiger partial charge < -0.3 is 10.2 Å². The van der Waals surface area contributed by atoms with Crippen molar-refractivity contribution in [3.8, 4) is 0 Å². The Hall–Kier alpha value is -1.87. The first kappa shape index (κ1) is 13.6. The quantitative estimate of drug-likeness (QED) is 0.890. The average Bonchev–Trinajstić information content (AvgIpc) is 2.42. The van der Waals surface area contributed by atoms with Gasteiger partial charge >= 0.3 is 0 Å². The molecule has 0 spiro atoms. The van der Waals surface area contributed by atoms with E-state index in [0.29, 0.717) is 0 Å². The number of pyridine rings is 1. The second-order valence-electron chi connectivity index (χ2n) is 4.79. The van der Waals surface area contributed by atoms with Crippen LogP contribution in [0.5, 0.6) is 0 Å². The van der Waals surface area contributed by atoms with E-state index in [0.717, 1.165) is 24.6 Å². The van der Waals surface area contributed by atoms with E-state index in [9.17, 15) is 0 Å². The number of anilines is 1. The molecule has 0 aliphatic rings. The molecule has 0 aliphatic heterocycles. The van der Waals surface area contributed by atoms with Gasteiger partial charge in [0.05, 0.1) is 0 Å². The molecule has 0 saturated carbocycles. The van der Waals surface area contributed by atoms with Crippen molar-refractivity contribution in [3.63, 3.8) is 0 Å². The largest absolute Gasteiger partial charge is 0.355 e. The van der Waals surface area contributed by atoms with Gasteiger partial charge in [-0.2, -0.15) is 0 Å². The predicted octanol–water partition coefficient (Wildman–Crippen LogP) is 2.75. The van der Waals surface area contributed by atoms with Gasteiger partial charge in [-0.25, -0.2) is 4.98 Å². The van der Waals surface area contributed by atoms with Gasteiger partial charge in [-0.1, -0.05) is 36.4 Å². The maximum atomic E-state index is 4.67. The van der Waals surface area contributed by atoms with Gasteiger partial charge in [-0.05, 0) is 31.2 Å². The van der Waals surface area contributed by atoms with Gasteiger partial charge in [0.1, 0.15) is 5.82 Å². The number of nitrogens with zero attached hydrogens (tertiary/aromatic N) is 2. The highest BCUT2D eigenvalue weighted by atomic mass is 15.2. The number of hydrogen-bond acceptors (Lipinski definition) is 3. The summed E-state index contributed by atoms with van der Waals surface area (Å²) in [4.78, 5) is 6.85. The predicted molar refractivity (Wildman–Crippen MR) is 80.3 cm³/mol. The molecule has 100 valence electrons. The second-order valence-corrected chi connectivity index (χ2v) is 4.79. The molecule has 1 heterocycles. The third-order valence-electron chi connectivity index (χ3n) is 3.20. The van der Waals surface area contributed by atoms with Crippen molar-refractivity contribution >= 4 is 5.82 Å². The van der Waals surface area contributed by atoms with E-state index < -0.39 is 0 Å². The van der Waals surface area contributed by atoms with Crippen LogP contribution in [0.2, 0.25) is 0 Å². The minimum atomic E-state index is 0.863. The van der Waals surface area contributed by atoms with Gasteiger partial charge in [-0.3, -0.25) is 0 Å². The molecule has 0 aliphatic carbocycles. The topological polar surface area (TPSA) is 28.2 Å². The highest BCUT2D eigenvalue weighted by molar-refractivity contribution is 5.41. The summed E-state index contributed by atoms with van der Waals surface area (Å²) in [6.07, 6.45) is 0. The lowest BCUT2D eigenvalue weighted by atomic mass is 10.2. The normalized spacial score (nSPS) is 10.5. The van der Waals surface area contributed by atoms with E-state index in [1.807, 2.05) is 13.1 Å². The molecule has 0 radical (unpaired) electrons. The van der Waals surface area contributed by atoms with Crippen molar-refractivity contribution in [2.75, 3.05) is 19.0 Å². The number of benzene rings is 1. The molecule has 0 unspecified atom stereocenters. The van der Waals surface area contributed by atoms with Crippen LogP contribution in [0.1, 0.15) is 16.8 Å². The molecule has 0 fully saturated rings. The SMILES string of the molecule is CNCc1ccc(N(C)Cc2ccccc2)nc1C. The lowest BCUT2D eigenvalue weighted by molar-refractivity contribution is 0.800. The van der Waals surface area contributed by atoms with Crippen LogP contribution >= 0.6 is 0 Å². The molecule has 0 saturated heterocycles. The molecule has 0 bridgehead atoms. The summed E-state index contributed by atoms with van der Waals surface area (Å²) in [6.45, 7) is 3.80. The minimum absolute atomic E-state index is 0.863. The first-order valence-electron chi connectivity index (χ1n) is 6.57. The maximum absolute atomic E-state index is 4.67. The van der Waals surface area contributed by atoms with E-state index in [1.165, 1.54) is 11.1 Å². The van der Waals surface area contributed by atoms with Crippen LogP contribution in [0.25, 0.3) is 0 Å². The fourth-order valence-electron chi connectivity index (χ4n) is 2.10. The van der Waals surface area contributed by atoms with Crippen LogP contribution in [0, 0.1) is 6.92 Å². The Bertz CT molecular complexity index is 523. The zero-order chi connectivity index (χ0) is 13.7. The lowest BCUT2D eigenvalue weighted by Crippen LogP contribution is -2.18. The molecule has 0 amide bonds. The van der Waals surface area contributed by atoms with Crippen LogP contribution < -0.4 is 10.2 Å². The average molecular weight is 255 g/mol. The number of aryl methyl sites for hydroxylation is 1. The molecule has 1 aromatic heterocycles. The highest BCUT2D eigenvalue weighted by Gasteiger charge is 2.06. The summed E-state index contributed by atoms with van der Waals surface area (Å²) in [5, 5.41) is 3.16.